The van der Waals surface area contributed by atoms with E-state index in [-0.39, 0.29) is 18.5 Å². The van der Waals surface area contributed by atoms with E-state index in [0.717, 1.165) is 17.7 Å². The SMILES string of the molecule is CC(O)C(NC(=O)N(C)CC(=O)NC1CC1)C(=O)O. The minimum absolute atomic E-state index is 0.158. The molecule has 0 bridgehead atoms. The summed E-state index contributed by atoms with van der Waals surface area (Å²) < 4.78 is 0. The maximum atomic E-state index is 11.7. The predicted octanol–water partition coefficient (Wildman–Crippen LogP) is -1.26. The number of carbonyl (C=O) groups is 3. The molecule has 0 heterocycles. The lowest BCUT2D eigenvalue weighted by Gasteiger charge is -2.22. The van der Waals surface area contributed by atoms with Crippen LogP contribution in [0, 0.1) is 0 Å². The molecule has 1 rings (SSSR count). The third-order valence-corrected chi connectivity index (χ3v) is 2.70. The van der Waals surface area contributed by atoms with Crippen molar-refractivity contribution in [3.63, 3.8) is 0 Å². The number of aliphatic hydroxyl groups is 1. The van der Waals surface area contributed by atoms with Crippen LogP contribution >= 0.6 is 0 Å². The summed E-state index contributed by atoms with van der Waals surface area (Å²) >= 11 is 0. The van der Waals surface area contributed by atoms with E-state index in [1.807, 2.05) is 0 Å². The number of hydrogen-bond donors (Lipinski definition) is 4. The fourth-order valence-electron chi connectivity index (χ4n) is 1.42. The van der Waals surface area contributed by atoms with E-state index in [1.54, 1.807) is 0 Å². The molecule has 3 amide bonds. The molecule has 1 aliphatic rings. The van der Waals surface area contributed by atoms with Crippen molar-refractivity contribution in [3.05, 3.63) is 0 Å². The Morgan fingerprint density at radius 1 is 1.37 bits per heavy atom. The highest BCUT2D eigenvalue weighted by Gasteiger charge is 2.28. The van der Waals surface area contributed by atoms with Gasteiger partial charge in [-0.05, 0) is 19.8 Å². The van der Waals surface area contributed by atoms with Crippen LogP contribution in [0.15, 0.2) is 0 Å². The summed E-state index contributed by atoms with van der Waals surface area (Å²) in [4.78, 5) is 35.0. The van der Waals surface area contributed by atoms with E-state index in [0.29, 0.717) is 0 Å². The number of hydrogen-bond acceptors (Lipinski definition) is 4. The lowest BCUT2D eigenvalue weighted by Crippen LogP contribution is -2.53. The fourth-order valence-corrected chi connectivity index (χ4v) is 1.42. The van der Waals surface area contributed by atoms with Crippen LogP contribution in [-0.4, -0.2) is 64.8 Å². The van der Waals surface area contributed by atoms with E-state index in [4.69, 9.17) is 5.11 Å². The number of amides is 3. The molecular weight excluding hydrogens is 254 g/mol. The Hall–Kier alpha value is -1.83. The predicted molar refractivity (Wildman–Crippen MR) is 65.4 cm³/mol. The van der Waals surface area contributed by atoms with Crippen LogP contribution in [0.2, 0.25) is 0 Å². The Kier molecular flexibility index (Phi) is 5.11. The van der Waals surface area contributed by atoms with E-state index in [1.165, 1.54) is 14.0 Å². The second kappa shape index (κ2) is 6.37. The first-order valence-corrected chi connectivity index (χ1v) is 6.03. The minimum atomic E-state index is -1.40. The second-order valence-corrected chi connectivity index (χ2v) is 4.70. The standard InChI is InChI=1S/C11H19N3O5/c1-6(15)9(10(17)18)13-11(19)14(2)5-8(16)12-7-3-4-7/h6-7,9,15H,3-5H2,1-2H3,(H,12,16)(H,13,19)(H,17,18). The Morgan fingerprint density at radius 2 is 1.95 bits per heavy atom. The summed E-state index contributed by atoms with van der Waals surface area (Å²) in [7, 11) is 1.38. The first-order chi connectivity index (χ1) is 8.81. The quantitative estimate of drug-likeness (QED) is 0.481. The van der Waals surface area contributed by atoms with Gasteiger partial charge in [0.15, 0.2) is 6.04 Å². The Balaban J connectivity index is 2.41. The lowest BCUT2D eigenvalue weighted by molar-refractivity contribution is -0.141. The maximum absolute atomic E-state index is 11.7. The molecule has 8 nitrogen and oxygen atoms in total. The largest absolute Gasteiger partial charge is 0.480 e. The van der Waals surface area contributed by atoms with Gasteiger partial charge < -0.3 is 25.7 Å². The molecule has 1 aliphatic carbocycles. The zero-order valence-electron chi connectivity index (χ0n) is 10.9. The summed E-state index contributed by atoms with van der Waals surface area (Å²) in [5, 5.41) is 22.9. The van der Waals surface area contributed by atoms with Crippen molar-refractivity contribution in [2.75, 3.05) is 13.6 Å². The molecule has 0 radical (unpaired) electrons. The Bertz CT molecular complexity index is 367. The van der Waals surface area contributed by atoms with Gasteiger partial charge in [0.1, 0.15) is 6.54 Å². The number of carbonyl (C=O) groups excluding carboxylic acids is 2. The van der Waals surface area contributed by atoms with Crippen molar-refractivity contribution in [2.45, 2.75) is 38.0 Å². The van der Waals surface area contributed by atoms with Gasteiger partial charge in [-0.3, -0.25) is 4.79 Å². The van der Waals surface area contributed by atoms with Crippen LogP contribution in [0.4, 0.5) is 4.79 Å². The Labute approximate surface area is 110 Å². The average molecular weight is 273 g/mol. The van der Waals surface area contributed by atoms with Crippen LogP contribution in [0.3, 0.4) is 0 Å². The summed E-state index contributed by atoms with van der Waals surface area (Å²) in [5.41, 5.74) is 0. The smallest absolute Gasteiger partial charge is 0.328 e. The molecule has 8 heteroatoms. The van der Waals surface area contributed by atoms with Crippen molar-refractivity contribution in [3.8, 4) is 0 Å². The fraction of sp³-hybridized carbons (Fsp3) is 0.727. The highest BCUT2D eigenvalue weighted by molar-refractivity contribution is 5.86. The summed E-state index contributed by atoms with van der Waals surface area (Å²) in [6.45, 7) is 1.10. The van der Waals surface area contributed by atoms with E-state index >= 15 is 0 Å². The molecule has 2 unspecified atom stereocenters. The van der Waals surface area contributed by atoms with Gasteiger partial charge in [0.25, 0.3) is 0 Å². The number of nitrogens with one attached hydrogen (secondary N) is 2. The van der Waals surface area contributed by atoms with Crippen LogP contribution < -0.4 is 10.6 Å². The summed E-state index contributed by atoms with van der Waals surface area (Å²) in [6.07, 6.45) is 0.672. The molecule has 1 fully saturated rings. The van der Waals surface area contributed by atoms with E-state index < -0.39 is 24.1 Å². The van der Waals surface area contributed by atoms with Crippen molar-refractivity contribution >= 4 is 17.9 Å². The zero-order chi connectivity index (χ0) is 14.6. The molecule has 0 aliphatic heterocycles. The van der Waals surface area contributed by atoms with Crippen LogP contribution in [0.1, 0.15) is 19.8 Å². The number of carboxylic acid groups (broad SMARTS) is 1. The topological polar surface area (TPSA) is 119 Å². The number of urea groups is 1. The molecule has 0 aromatic rings. The first kappa shape index (κ1) is 15.2. The normalized spacial score (nSPS) is 17.2. The van der Waals surface area contributed by atoms with E-state index in [9.17, 15) is 19.5 Å². The second-order valence-electron chi connectivity index (χ2n) is 4.70. The number of carboxylic acids is 1. The van der Waals surface area contributed by atoms with Gasteiger partial charge in [0.2, 0.25) is 5.91 Å². The number of likely N-dealkylation sites (N-methyl/N-ethyl adjacent to an activating group) is 1. The van der Waals surface area contributed by atoms with Gasteiger partial charge in [0, 0.05) is 13.1 Å². The number of rotatable bonds is 6. The number of aliphatic carboxylic acids is 1. The zero-order valence-corrected chi connectivity index (χ0v) is 10.9. The van der Waals surface area contributed by atoms with Crippen molar-refractivity contribution in [1.29, 1.82) is 0 Å². The molecule has 0 saturated heterocycles. The summed E-state index contributed by atoms with van der Waals surface area (Å²) in [6, 6.07) is -1.92. The van der Waals surface area contributed by atoms with Crippen LogP contribution in [0.25, 0.3) is 0 Å². The van der Waals surface area contributed by atoms with Crippen molar-refractivity contribution < 1.29 is 24.6 Å². The lowest BCUT2D eigenvalue weighted by atomic mass is 10.2. The molecule has 1 saturated carbocycles. The molecule has 0 aromatic carbocycles. The molecule has 108 valence electrons. The maximum Gasteiger partial charge on any atom is 0.328 e. The average Bonchev–Trinajstić information content (AvgIpc) is 3.07. The third-order valence-electron chi connectivity index (χ3n) is 2.70. The first-order valence-electron chi connectivity index (χ1n) is 6.03. The van der Waals surface area contributed by atoms with Gasteiger partial charge in [-0.15, -0.1) is 0 Å². The molecule has 0 spiro atoms. The van der Waals surface area contributed by atoms with Gasteiger partial charge in [0.05, 0.1) is 6.10 Å². The van der Waals surface area contributed by atoms with Gasteiger partial charge in [-0.2, -0.15) is 0 Å². The Morgan fingerprint density at radius 3 is 2.37 bits per heavy atom. The van der Waals surface area contributed by atoms with Crippen LogP contribution in [-0.2, 0) is 9.59 Å². The highest BCUT2D eigenvalue weighted by Crippen LogP contribution is 2.18. The van der Waals surface area contributed by atoms with Crippen LogP contribution in [0.5, 0.6) is 0 Å². The molecule has 19 heavy (non-hydrogen) atoms. The molecule has 4 N–H and O–H groups in total. The van der Waals surface area contributed by atoms with Crippen molar-refractivity contribution in [2.24, 2.45) is 0 Å². The van der Waals surface area contributed by atoms with Gasteiger partial charge in [-0.25, -0.2) is 9.59 Å². The van der Waals surface area contributed by atoms with E-state index in [2.05, 4.69) is 10.6 Å². The molecular formula is C11H19N3O5. The van der Waals surface area contributed by atoms with Gasteiger partial charge in [-0.1, -0.05) is 0 Å². The molecule has 0 aromatic heterocycles. The number of aliphatic hydroxyl groups excluding tert-OH is 1. The summed E-state index contributed by atoms with van der Waals surface area (Å²) in [5.74, 6) is -1.62. The third kappa shape index (κ3) is 5.12. The number of nitrogens with zero attached hydrogens (tertiary/aromatic N) is 1. The monoisotopic (exact) mass is 273 g/mol. The highest BCUT2D eigenvalue weighted by atomic mass is 16.4. The van der Waals surface area contributed by atoms with Gasteiger partial charge >= 0.3 is 12.0 Å². The molecule has 2 atom stereocenters. The minimum Gasteiger partial charge on any atom is -0.480 e. The van der Waals surface area contributed by atoms with Crippen molar-refractivity contribution in [1.82, 2.24) is 15.5 Å².